The van der Waals surface area contributed by atoms with Crippen LogP contribution < -0.4 is 10.5 Å². The Bertz CT molecular complexity index is 663. The molecule has 2 aliphatic heterocycles. The van der Waals surface area contributed by atoms with Crippen molar-refractivity contribution in [1.29, 1.82) is 0 Å². The summed E-state index contributed by atoms with van der Waals surface area (Å²) in [5, 5.41) is 0. The van der Waals surface area contributed by atoms with Crippen molar-refractivity contribution in [1.82, 2.24) is 9.80 Å². The van der Waals surface area contributed by atoms with Gasteiger partial charge in [-0.15, -0.1) is 0 Å². The summed E-state index contributed by atoms with van der Waals surface area (Å²) in [7, 11) is 1.80. The smallest absolute Gasteiger partial charge is 0.253 e. The molecule has 3 rings (SSSR count). The first-order chi connectivity index (χ1) is 12.5. The van der Waals surface area contributed by atoms with Gasteiger partial charge in [-0.05, 0) is 49.8 Å². The summed E-state index contributed by atoms with van der Waals surface area (Å²) in [5.74, 6) is 1.12. The molecule has 26 heavy (non-hydrogen) atoms. The fourth-order valence-electron chi connectivity index (χ4n) is 3.86. The van der Waals surface area contributed by atoms with Gasteiger partial charge in [0.1, 0.15) is 12.4 Å². The predicted molar refractivity (Wildman–Crippen MR) is 100 cm³/mol. The van der Waals surface area contributed by atoms with E-state index in [4.69, 9.17) is 10.5 Å². The van der Waals surface area contributed by atoms with Gasteiger partial charge in [0.05, 0.1) is 12.1 Å². The summed E-state index contributed by atoms with van der Waals surface area (Å²) in [5.41, 5.74) is 6.79. The highest BCUT2D eigenvalue weighted by Crippen LogP contribution is 2.25. The van der Waals surface area contributed by atoms with E-state index < -0.39 is 6.04 Å². The second-order valence-electron chi connectivity index (χ2n) is 7.65. The van der Waals surface area contributed by atoms with Crippen LogP contribution in [0.2, 0.25) is 0 Å². The number of hydrogen-bond donors (Lipinski definition) is 1. The van der Waals surface area contributed by atoms with Gasteiger partial charge in [-0.1, -0.05) is 13.0 Å². The summed E-state index contributed by atoms with van der Waals surface area (Å²) in [6.45, 7) is 3.96. The quantitative estimate of drug-likeness (QED) is 0.767. The SMILES string of the molecule is C[C@H]1C[C@H]2COc3cccc(c3)C(=O)N(C)CCCC[C@H](N)C(=O)N2C1. The van der Waals surface area contributed by atoms with Gasteiger partial charge in [0.15, 0.2) is 0 Å². The molecule has 0 aliphatic carbocycles. The molecule has 1 fully saturated rings. The summed E-state index contributed by atoms with van der Waals surface area (Å²) < 4.78 is 5.95. The van der Waals surface area contributed by atoms with Crippen molar-refractivity contribution in [3.63, 3.8) is 0 Å². The molecule has 0 radical (unpaired) electrons. The van der Waals surface area contributed by atoms with Crippen LogP contribution in [-0.2, 0) is 4.79 Å². The maximum Gasteiger partial charge on any atom is 0.253 e. The van der Waals surface area contributed by atoms with E-state index >= 15 is 0 Å². The molecule has 6 heteroatoms. The van der Waals surface area contributed by atoms with Gasteiger partial charge in [-0.3, -0.25) is 9.59 Å². The Hall–Kier alpha value is -2.08. The summed E-state index contributed by atoms with van der Waals surface area (Å²) in [6, 6.07) is 6.85. The number of nitrogens with two attached hydrogens (primary N) is 1. The first-order valence-electron chi connectivity index (χ1n) is 9.50. The van der Waals surface area contributed by atoms with E-state index in [1.54, 1.807) is 18.0 Å². The standard InChI is InChI=1S/C20H29N3O3/c1-14-10-16-13-26-17-7-5-6-15(11-17)19(24)22(2)9-4-3-8-18(21)20(25)23(16)12-14/h5-7,11,14,16,18H,3-4,8-10,12-13,21H2,1-2H3/t14-,16-,18-/m0/s1. The predicted octanol–water partition coefficient (Wildman–Crippen LogP) is 1.89. The fourth-order valence-corrected chi connectivity index (χ4v) is 3.86. The lowest BCUT2D eigenvalue weighted by Crippen LogP contribution is -2.47. The minimum atomic E-state index is -0.477. The van der Waals surface area contributed by atoms with Crippen LogP contribution in [0.1, 0.15) is 43.0 Å². The Morgan fingerprint density at radius 1 is 1.23 bits per heavy atom. The van der Waals surface area contributed by atoms with Crippen molar-refractivity contribution in [2.75, 3.05) is 26.7 Å². The topological polar surface area (TPSA) is 75.9 Å². The van der Waals surface area contributed by atoms with Crippen LogP contribution >= 0.6 is 0 Å². The van der Waals surface area contributed by atoms with Crippen molar-refractivity contribution in [3.8, 4) is 5.75 Å². The van der Waals surface area contributed by atoms with Gasteiger partial charge in [0.2, 0.25) is 5.91 Å². The molecule has 1 saturated heterocycles. The van der Waals surface area contributed by atoms with Crippen LogP contribution in [0.3, 0.4) is 0 Å². The van der Waals surface area contributed by atoms with Crippen LogP contribution in [0.25, 0.3) is 0 Å². The number of carbonyl (C=O) groups excluding carboxylic acids is 2. The third-order valence-electron chi connectivity index (χ3n) is 5.35. The lowest BCUT2D eigenvalue weighted by atomic mass is 10.1. The second kappa shape index (κ2) is 8.08. The van der Waals surface area contributed by atoms with Crippen LogP contribution in [0.5, 0.6) is 5.75 Å². The fraction of sp³-hybridized carbons (Fsp3) is 0.600. The van der Waals surface area contributed by atoms with Crippen molar-refractivity contribution in [2.45, 2.75) is 44.7 Å². The molecule has 0 spiro atoms. The zero-order valence-electron chi connectivity index (χ0n) is 15.7. The van der Waals surface area contributed by atoms with Crippen molar-refractivity contribution < 1.29 is 14.3 Å². The highest BCUT2D eigenvalue weighted by molar-refractivity contribution is 5.94. The number of rotatable bonds is 0. The minimum Gasteiger partial charge on any atom is -0.491 e. The number of hydrogen-bond acceptors (Lipinski definition) is 4. The Morgan fingerprint density at radius 2 is 2.04 bits per heavy atom. The van der Waals surface area contributed by atoms with E-state index in [2.05, 4.69) is 6.92 Å². The van der Waals surface area contributed by atoms with Crippen LogP contribution in [0.15, 0.2) is 24.3 Å². The monoisotopic (exact) mass is 359 g/mol. The van der Waals surface area contributed by atoms with Gasteiger partial charge in [-0.25, -0.2) is 0 Å². The molecule has 0 unspecified atom stereocenters. The number of amides is 2. The van der Waals surface area contributed by atoms with Gasteiger partial charge in [-0.2, -0.15) is 0 Å². The molecule has 2 amide bonds. The Morgan fingerprint density at radius 3 is 2.85 bits per heavy atom. The molecule has 2 heterocycles. The molecule has 142 valence electrons. The molecule has 2 aliphatic rings. The van der Waals surface area contributed by atoms with E-state index in [1.807, 2.05) is 23.1 Å². The second-order valence-corrected chi connectivity index (χ2v) is 7.65. The molecule has 6 nitrogen and oxygen atoms in total. The number of benzene rings is 1. The van der Waals surface area contributed by atoms with Gasteiger partial charge in [0, 0.05) is 25.7 Å². The number of carbonyl (C=O) groups is 2. The Balaban J connectivity index is 1.82. The van der Waals surface area contributed by atoms with Crippen molar-refractivity contribution in [2.24, 2.45) is 11.7 Å². The zero-order valence-corrected chi connectivity index (χ0v) is 15.7. The average Bonchev–Trinajstić information content (AvgIpc) is 3.02. The first-order valence-corrected chi connectivity index (χ1v) is 9.50. The molecular weight excluding hydrogens is 330 g/mol. The van der Waals surface area contributed by atoms with Gasteiger partial charge < -0.3 is 20.3 Å². The minimum absolute atomic E-state index is 0.0122. The third-order valence-corrected chi connectivity index (χ3v) is 5.35. The highest BCUT2D eigenvalue weighted by atomic mass is 16.5. The molecule has 2 bridgehead atoms. The van der Waals surface area contributed by atoms with Crippen LogP contribution in [0, 0.1) is 5.92 Å². The summed E-state index contributed by atoms with van der Waals surface area (Å²) >= 11 is 0. The van der Waals surface area contributed by atoms with E-state index in [0.29, 0.717) is 36.8 Å². The number of ether oxygens (including phenoxy) is 1. The van der Waals surface area contributed by atoms with E-state index in [1.165, 1.54) is 0 Å². The van der Waals surface area contributed by atoms with E-state index in [0.717, 1.165) is 25.8 Å². The summed E-state index contributed by atoms with van der Waals surface area (Å²) in [6.07, 6.45) is 3.22. The lowest BCUT2D eigenvalue weighted by molar-refractivity contribution is -0.134. The number of fused-ring (bicyclic) bond motifs is 3. The van der Waals surface area contributed by atoms with E-state index in [9.17, 15) is 9.59 Å². The van der Waals surface area contributed by atoms with Gasteiger partial charge in [0.25, 0.3) is 5.91 Å². The number of nitrogens with zero attached hydrogens (tertiary/aromatic N) is 2. The normalized spacial score (nSPS) is 28.2. The molecule has 0 saturated carbocycles. The molecule has 1 aromatic rings. The van der Waals surface area contributed by atoms with Crippen molar-refractivity contribution in [3.05, 3.63) is 29.8 Å². The van der Waals surface area contributed by atoms with Crippen molar-refractivity contribution >= 4 is 11.8 Å². The Kier molecular flexibility index (Phi) is 5.81. The van der Waals surface area contributed by atoms with Gasteiger partial charge >= 0.3 is 0 Å². The lowest BCUT2D eigenvalue weighted by Gasteiger charge is -2.27. The van der Waals surface area contributed by atoms with E-state index in [-0.39, 0.29) is 17.9 Å². The first kappa shape index (κ1) is 18.7. The Labute approximate surface area is 155 Å². The largest absolute Gasteiger partial charge is 0.491 e. The summed E-state index contributed by atoms with van der Waals surface area (Å²) in [4.78, 5) is 29.0. The van der Waals surface area contributed by atoms with Crippen LogP contribution in [-0.4, -0.2) is 60.4 Å². The molecule has 3 atom stereocenters. The molecule has 1 aromatic carbocycles. The molecule has 2 N–H and O–H groups in total. The maximum atomic E-state index is 12.8. The maximum absolute atomic E-state index is 12.8. The van der Waals surface area contributed by atoms with Crippen LogP contribution in [0.4, 0.5) is 0 Å². The third kappa shape index (κ3) is 4.18. The highest BCUT2D eigenvalue weighted by Gasteiger charge is 2.35. The molecule has 0 aromatic heterocycles. The molecular formula is C20H29N3O3. The average molecular weight is 359 g/mol. The zero-order chi connectivity index (χ0) is 18.7.